The molecule has 0 atom stereocenters. The molecule has 0 spiro atoms. The minimum Gasteiger partial charge on any atom is -0.225 e. The van der Waals surface area contributed by atoms with E-state index in [-0.39, 0.29) is 0 Å². The zero-order valence-corrected chi connectivity index (χ0v) is 5.43. The molecule has 0 bridgehead atoms. The van der Waals surface area contributed by atoms with E-state index in [1.165, 1.54) is 0 Å². The first-order valence-corrected chi connectivity index (χ1v) is 3.36. The van der Waals surface area contributed by atoms with Crippen molar-refractivity contribution in [2.75, 3.05) is 6.66 Å². The van der Waals surface area contributed by atoms with Gasteiger partial charge in [-0.15, -0.1) is 0 Å². The van der Waals surface area contributed by atoms with Crippen LogP contribution in [0.1, 0.15) is 0 Å². The van der Waals surface area contributed by atoms with Crippen molar-refractivity contribution in [1.29, 1.82) is 0 Å². The van der Waals surface area contributed by atoms with Crippen molar-refractivity contribution >= 4 is 32.1 Å². The van der Waals surface area contributed by atoms with Crippen LogP contribution >= 0.6 is 32.1 Å². The third-order valence-corrected chi connectivity index (χ3v) is 1.75. The molecule has 0 radical (unpaired) electrons. The smallest absolute Gasteiger partial charge is 0.209 e. The Morgan fingerprint density at radius 2 is 1.67 bits per heavy atom. The van der Waals surface area contributed by atoms with Gasteiger partial charge in [0.15, 0.2) is 0 Å². The number of hydrogen-bond donors (Lipinski definition) is 0. The van der Waals surface area contributed by atoms with E-state index in [1.807, 2.05) is 0 Å². The molecule has 0 aromatic heterocycles. The van der Waals surface area contributed by atoms with Gasteiger partial charge in [0.25, 0.3) is 0 Å². The molecule has 0 aliphatic heterocycles. The van der Waals surface area contributed by atoms with Gasteiger partial charge in [-0.2, -0.15) is 0 Å². The molecule has 0 aliphatic carbocycles. The summed E-state index contributed by atoms with van der Waals surface area (Å²) >= 11 is 9.54. The van der Waals surface area contributed by atoms with Crippen LogP contribution < -0.4 is 0 Å². The maximum atomic E-state index is 4.77. The molecule has 38 valence electrons. The molecule has 6 heavy (non-hydrogen) atoms. The van der Waals surface area contributed by atoms with E-state index < -0.39 is 8.38 Å². The zero-order chi connectivity index (χ0) is 4.99. The highest BCUT2D eigenvalue weighted by Crippen LogP contribution is 2.35. The maximum absolute atomic E-state index is 4.77. The molecule has 0 saturated heterocycles. The van der Waals surface area contributed by atoms with E-state index in [4.69, 9.17) is 23.7 Å². The van der Waals surface area contributed by atoms with Gasteiger partial charge in [-0.05, 0) is 0 Å². The first-order chi connectivity index (χ1) is 2.81. The third kappa shape index (κ3) is 3.13. The minimum absolute atomic E-state index is 1.05. The molecule has 5 heteroatoms. The Morgan fingerprint density at radius 3 is 1.67 bits per heavy atom. The maximum Gasteiger partial charge on any atom is 0.209 e. The normalized spacial score (nSPS) is 10.0. The summed E-state index contributed by atoms with van der Waals surface area (Å²) in [4.78, 5) is 0. The number of rotatable bonds is 2. The fraction of sp³-hybridized carbons (Fsp3) is 1.00. The molecule has 0 amide bonds. The Hall–Kier alpha value is 0.930. The van der Waals surface area contributed by atoms with Gasteiger partial charge in [-0.1, -0.05) is 0 Å². The zero-order valence-electron chi connectivity index (χ0n) is 3.02. The monoisotopic (exact) mass is 148 g/mol. The second-order valence-corrected chi connectivity index (χ2v) is 2.56. The van der Waals surface area contributed by atoms with Crippen molar-refractivity contribution in [3.63, 3.8) is 0 Å². The second kappa shape index (κ2) is 4.10. The molecule has 0 aromatic carbocycles. The van der Waals surface area contributed by atoms with Gasteiger partial charge in [-0.25, -0.2) is 8.15 Å². The Bertz CT molecular complexity index is 30.7. The van der Waals surface area contributed by atoms with Crippen LogP contribution in [0.15, 0.2) is 0 Å². The molecular weight excluding hydrogens is 146 g/mol. The molecular formula is CH3Cl2O2P. The Labute approximate surface area is 47.6 Å². The van der Waals surface area contributed by atoms with Crippen molar-refractivity contribution in [3.05, 3.63) is 0 Å². The average molecular weight is 149 g/mol. The SMILES string of the molecule is CP(OCl)OCl. The van der Waals surface area contributed by atoms with Gasteiger partial charge in [0, 0.05) is 6.66 Å². The van der Waals surface area contributed by atoms with Crippen LogP contribution in [0.3, 0.4) is 0 Å². The molecule has 0 saturated carbocycles. The summed E-state index contributed by atoms with van der Waals surface area (Å²) in [6, 6.07) is 0. The highest BCUT2D eigenvalue weighted by molar-refractivity contribution is 7.48. The lowest BCUT2D eigenvalue weighted by Gasteiger charge is -1.94. The molecule has 0 aliphatic rings. The molecule has 0 fully saturated rings. The van der Waals surface area contributed by atoms with Gasteiger partial charge >= 0.3 is 0 Å². The van der Waals surface area contributed by atoms with Crippen LogP contribution in [0.4, 0.5) is 0 Å². The van der Waals surface area contributed by atoms with E-state index in [0.717, 1.165) is 0 Å². The standard InChI is InChI=1S/CH3Cl2O2P/c1-6(4-2)5-3/h1H3. The predicted molar refractivity (Wildman–Crippen MR) is 26.7 cm³/mol. The lowest BCUT2D eigenvalue weighted by molar-refractivity contribution is 0.559. The predicted octanol–water partition coefficient (Wildman–Crippen LogP) is 2.27. The fourth-order valence-electron chi connectivity index (χ4n) is 0.0106. The molecule has 0 unspecified atom stereocenters. The Morgan fingerprint density at radius 1 is 1.33 bits per heavy atom. The van der Waals surface area contributed by atoms with Crippen LogP contribution in [0.25, 0.3) is 0 Å². The van der Waals surface area contributed by atoms with Gasteiger partial charge in [-0.3, -0.25) is 0 Å². The summed E-state index contributed by atoms with van der Waals surface area (Å²) in [6.45, 7) is 1.63. The first kappa shape index (κ1) is 6.93. The van der Waals surface area contributed by atoms with E-state index in [1.54, 1.807) is 6.66 Å². The highest BCUT2D eigenvalue weighted by Gasteiger charge is 1.95. The van der Waals surface area contributed by atoms with E-state index >= 15 is 0 Å². The summed E-state index contributed by atoms with van der Waals surface area (Å²) in [5, 5.41) is 0. The summed E-state index contributed by atoms with van der Waals surface area (Å²) in [7, 11) is -1.05. The summed E-state index contributed by atoms with van der Waals surface area (Å²) in [6.07, 6.45) is 0. The second-order valence-electron chi connectivity index (χ2n) is 0.578. The Balaban J connectivity index is 2.75. The average Bonchev–Trinajstić information content (AvgIpc) is 1.65. The molecule has 0 N–H and O–H groups in total. The minimum atomic E-state index is -1.05. The quantitative estimate of drug-likeness (QED) is 0.560. The van der Waals surface area contributed by atoms with Gasteiger partial charge in [0.05, 0.1) is 23.7 Å². The Kier molecular flexibility index (Phi) is 4.73. The van der Waals surface area contributed by atoms with E-state index in [9.17, 15) is 0 Å². The van der Waals surface area contributed by atoms with E-state index in [2.05, 4.69) is 8.15 Å². The number of hydrogen-bond acceptors (Lipinski definition) is 2. The van der Waals surface area contributed by atoms with Crippen LogP contribution in [-0.2, 0) is 8.15 Å². The van der Waals surface area contributed by atoms with Gasteiger partial charge in [0.1, 0.15) is 0 Å². The van der Waals surface area contributed by atoms with Crippen LogP contribution in [0.5, 0.6) is 0 Å². The van der Waals surface area contributed by atoms with Crippen molar-refractivity contribution in [1.82, 2.24) is 0 Å². The van der Waals surface area contributed by atoms with Crippen LogP contribution in [0.2, 0.25) is 0 Å². The summed E-state index contributed by atoms with van der Waals surface area (Å²) in [5.41, 5.74) is 0. The molecule has 0 aromatic rings. The van der Waals surface area contributed by atoms with Crippen molar-refractivity contribution in [2.45, 2.75) is 0 Å². The topological polar surface area (TPSA) is 18.5 Å². The third-order valence-electron chi connectivity index (χ3n) is 0.194. The molecule has 2 nitrogen and oxygen atoms in total. The number of halogens is 2. The lowest BCUT2D eigenvalue weighted by atomic mass is 12.0. The summed E-state index contributed by atoms with van der Waals surface area (Å²) in [5.74, 6) is 0. The van der Waals surface area contributed by atoms with Crippen molar-refractivity contribution < 1.29 is 8.15 Å². The first-order valence-electron chi connectivity index (χ1n) is 1.12. The lowest BCUT2D eigenvalue weighted by Crippen LogP contribution is -1.62. The van der Waals surface area contributed by atoms with Crippen LogP contribution in [-0.4, -0.2) is 6.66 Å². The van der Waals surface area contributed by atoms with Crippen LogP contribution in [0, 0.1) is 0 Å². The van der Waals surface area contributed by atoms with E-state index in [0.29, 0.717) is 0 Å². The van der Waals surface area contributed by atoms with Gasteiger partial charge < -0.3 is 0 Å². The molecule has 0 heterocycles. The fourth-order valence-corrected chi connectivity index (χ4v) is 0.287. The van der Waals surface area contributed by atoms with Crippen molar-refractivity contribution in [2.24, 2.45) is 0 Å². The highest BCUT2D eigenvalue weighted by atomic mass is 35.5. The van der Waals surface area contributed by atoms with Gasteiger partial charge in [0.2, 0.25) is 8.38 Å². The van der Waals surface area contributed by atoms with Crippen molar-refractivity contribution in [3.8, 4) is 0 Å². The summed E-state index contributed by atoms with van der Waals surface area (Å²) < 4.78 is 8.16. The largest absolute Gasteiger partial charge is 0.225 e. The molecule has 0 rings (SSSR count).